The molecule has 5 rings (SSSR count). The van der Waals surface area contributed by atoms with Gasteiger partial charge in [0.25, 0.3) is 0 Å². The summed E-state index contributed by atoms with van der Waals surface area (Å²) in [5, 5.41) is 36.9. The van der Waals surface area contributed by atoms with E-state index in [1.54, 1.807) is 15.9 Å². The Labute approximate surface area is 152 Å². The Hall–Kier alpha value is -2.04. The molecule has 8 nitrogen and oxygen atoms in total. The van der Waals surface area contributed by atoms with Crippen LogP contribution in [0, 0.1) is 0 Å². The van der Waals surface area contributed by atoms with Crippen LogP contribution in [-0.2, 0) is 11.3 Å². The molecular weight excluding hydrogens is 356 g/mol. The molecule has 0 unspecified atom stereocenters. The maximum absolute atomic E-state index is 10.9. The molecule has 2 aliphatic rings. The van der Waals surface area contributed by atoms with Crippen LogP contribution in [0.3, 0.4) is 0 Å². The van der Waals surface area contributed by atoms with E-state index < -0.39 is 24.0 Å². The van der Waals surface area contributed by atoms with Crippen molar-refractivity contribution in [2.24, 2.45) is 0 Å². The molecule has 9 heteroatoms. The molecule has 0 aliphatic carbocycles. The van der Waals surface area contributed by atoms with Crippen molar-refractivity contribution in [3.05, 3.63) is 28.8 Å². The molecule has 0 spiro atoms. The molecule has 136 valence electrons. The summed E-state index contributed by atoms with van der Waals surface area (Å²) in [6.45, 7) is 1.82. The number of aromatic nitrogens is 3. The van der Waals surface area contributed by atoms with E-state index in [9.17, 15) is 15.3 Å². The Kier molecular flexibility index (Phi) is 3.40. The van der Waals surface area contributed by atoms with Gasteiger partial charge < -0.3 is 29.9 Å². The van der Waals surface area contributed by atoms with Crippen molar-refractivity contribution in [3.8, 4) is 11.1 Å². The number of anilines is 1. The number of nitrogens with one attached hydrogen (secondary N) is 1. The van der Waals surface area contributed by atoms with Crippen LogP contribution < -0.4 is 5.32 Å². The molecule has 0 amide bonds. The first-order chi connectivity index (χ1) is 12.5. The molecule has 1 fully saturated rings. The van der Waals surface area contributed by atoms with Crippen LogP contribution in [0.15, 0.2) is 24.0 Å². The standard InChI is InChI=1S/C17H18N4O4S/c1-17(24)13(23)10(6-22)25-16(17)21-5-9-8-2-3-26-11(8)4-18-14-12(9)15(21)20-7-19-14/h2-3,5,7,10,13,16,22-24H,4,6H2,1H3,(H,18,19,20)/t10-,13-,16-,17-/m1/s1. The lowest BCUT2D eigenvalue weighted by Gasteiger charge is -2.27. The fourth-order valence-corrected chi connectivity index (χ4v) is 4.70. The van der Waals surface area contributed by atoms with E-state index in [0.717, 1.165) is 22.3 Å². The van der Waals surface area contributed by atoms with E-state index in [0.29, 0.717) is 12.2 Å². The third kappa shape index (κ3) is 2.03. The highest BCUT2D eigenvalue weighted by molar-refractivity contribution is 7.10. The number of fused-ring (bicyclic) bond motifs is 2. The largest absolute Gasteiger partial charge is 0.394 e. The van der Waals surface area contributed by atoms with Crippen molar-refractivity contribution in [3.63, 3.8) is 0 Å². The van der Waals surface area contributed by atoms with Gasteiger partial charge in [-0.15, -0.1) is 11.3 Å². The minimum atomic E-state index is -1.57. The zero-order chi connectivity index (χ0) is 18.1. The summed E-state index contributed by atoms with van der Waals surface area (Å²) in [6, 6.07) is 2.06. The lowest BCUT2D eigenvalue weighted by Crippen LogP contribution is -2.44. The summed E-state index contributed by atoms with van der Waals surface area (Å²) in [6.07, 6.45) is 0.402. The topological polar surface area (TPSA) is 113 Å². The molecule has 5 heterocycles. The van der Waals surface area contributed by atoms with Crippen molar-refractivity contribution in [1.29, 1.82) is 0 Å². The first-order valence-corrected chi connectivity index (χ1v) is 9.23. The number of hydrogen-bond acceptors (Lipinski definition) is 8. The molecular formula is C17H18N4O4S. The van der Waals surface area contributed by atoms with Gasteiger partial charge in [-0.1, -0.05) is 0 Å². The molecule has 3 aromatic rings. The van der Waals surface area contributed by atoms with Crippen LogP contribution in [0.25, 0.3) is 22.2 Å². The highest BCUT2D eigenvalue weighted by Crippen LogP contribution is 2.45. The molecule has 1 saturated heterocycles. The van der Waals surface area contributed by atoms with Gasteiger partial charge in [-0.3, -0.25) is 0 Å². The third-order valence-electron chi connectivity index (χ3n) is 5.25. The van der Waals surface area contributed by atoms with E-state index in [-0.39, 0.29) is 6.61 Å². The third-order valence-corrected chi connectivity index (χ3v) is 6.17. The Balaban J connectivity index is 1.75. The normalized spacial score (nSPS) is 30.2. The number of ether oxygens (including phenoxy) is 1. The molecule has 4 N–H and O–H groups in total. The van der Waals surface area contributed by atoms with Gasteiger partial charge in [-0.2, -0.15) is 0 Å². The number of aliphatic hydroxyl groups is 3. The fraction of sp³-hybridized carbons (Fsp3) is 0.412. The first-order valence-electron chi connectivity index (χ1n) is 8.35. The second-order valence-corrected chi connectivity index (χ2v) is 7.86. The fourth-order valence-electron chi connectivity index (χ4n) is 3.87. The molecule has 26 heavy (non-hydrogen) atoms. The van der Waals surface area contributed by atoms with Crippen LogP contribution >= 0.6 is 11.3 Å². The smallest absolute Gasteiger partial charge is 0.167 e. The highest BCUT2D eigenvalue weighted by atomic mass is 32.1. The van der Waals surface area contributed by atoms with Crippen LogP contribution in [0.2, 0.25) is 0 Å². The van der Waals surface area contributed by atoms with Gasteiger partial charge in [-0.05, 0) is 23.9 Å². The maximum atomic E-state index is 10.9. The number of aliphatic hydroxyl groups excluding tert-OH is 2. The van der Waals surface area contributed by atoms with Gasteiger partial charge in [0.2, 0.25) is 0 Å². The molecule has 2 aliphatic heterocycles. The molecule has 0 radical (unpaired) electrons. The maximum Gasteiger partial charge on any atom is 0.167 e. The predicted octanol–water partition coefficient (Wildman–Crippen LogP) is 1.09. The van der Waals surface area contributed by atoms with Crippen LogP contribution in [0.5, 0.6) is 0 Å². The number of rotatable bonds is 2. The van der Waals surface area contributed by atoms with E-state index in [1.807, 2.05) is 11.6 Å². The van der Waals surface area contributed by atoms with Crippen LogP contribution in [0.1, 0.15) is 18.0 Å². The Morgan fingerprint density at radius 3 is 3.04 bits per heavy atom. The zero-order valence-corrected chi connectivity index (χ0v) is 14.8. The minimum Gasteiger partial charge on any atom is -0.394 e. The second-order valence-electron chi connectivity index (χ2n) is 6.86. The summed E-state index contributed by atoms with van der Waals surface area (Å²) in [5.74, 6) is 0.726. The van der Waals surface area contributed by atoms with Gasteiger partial charge in [-0.25, -0.2) is 9.97 Å². The van der Waals surface area contributed by atoms with Crippen LogP contribution in [0.4, 0.5) is 5.82 Å². The van der Waals surface area contributed by atoms with E-state index in [2.05, 4.69) is 21.4 Å². The van der Waals surface area contributed by atoms with Crippen molar-refractivity contribution in [1.82, 2.24) is 14.5 Å². The van der Waals surface area contributed by atoms with Crippen molar-refractivity contribution in [2.75, 3.05) is 11.9 Å². The number of thiophene rings is 1. The average molecular weight is 374 g/mol. The lowest BCUT2D eigenvalue weighted by atomic mass is 9.96. The van der Waals surface area contributed by atoms with Crippen LogP contribution in [-0.4, -0.2) is 54.3 Å². The molecule has 0 aromatic carbocycles. The average Bonchev–Trinajstić information content (AvgIpc) is 3.27. The lowest BCUT2D eigenvalue weighted by molar-refractivity contribution is -0.0948. The zero-order valence-electron chi connectivity index (χ0n) is 14.0. The van der Waals surface area contributed by atoms with Crippen molar-refractivity contribution in [2.45, 2.75) is 37.5 Å². The van der Waals surface area contributed by atoms with Gasteiger partial charge in [0, 0.05) is 16.6 Å². The van der Waals surface area contributed by atoms with Gasteiger partial charge in [0.05, 0.1) is 18.5 Å². The number of nitrogens with zero attached hydrogens (tertiary/aromatic N) is 3. The molecule has 4 atom stereocenters. The first kappa shape index (κ1) is 16.2. The Morgan fingerprint density at radius 1 is 1.42 bits per heavy atom. The number of hydrogen-bond donors (Lipinski definition) is 4. The molecule has 0 bridgehead atoms. The van der Waals surface area contributed by atoms with Gasteiger partial charge >= 0.3 is 0 Å². The van der Waals surface area contributed by atoms with Crippen molar-refractivity contribution < 1.29 is 20.1 Å². The highest BCUT2D eigenvalue weighted by Gasteiger charge is 2.53. The summed E-state index contributed by atoms with van der Waals surface area (Å²) in [4.78, 5) is 9.96. The Bertz CT molecular complexity index is 998. The second kappa shape index (κ2) is 5.48. The summed E-state index contributed by atoms with van der Waals surface area (Å²) in [5.41, 5.74) is 1.08. The molecule has 0 saturated carbocycles. The van der Waals surface area contributed by atoms with Crippen molar-refractivity contribution >= 4 is 28.2 Å². The quantitative estimate of drug-likeness (QED) is 0.531. The summed E-state index contributed by atoms with van der Waals surface area (Å²) in [7, 11) is 0. The summed E-state index contributed by atoms with van der Waals surface area (Å²) < 4.78 is 7.51. The SMILES string of the molecule is C[C@@]1(O)[C@H](O)[C@@H](CO)O[C@H]1n1cc2c3c(ncnc31)NCc1sccc1-2. The van der Waals surface area contributed by atoms with E-state index in [4.69, 9.17) is 4.74 Å². The van der Waals surface area contributed by atoms with Gasteiger partial charge in [0.15, 0.2) is 6.23 Å². The monoisotopic (exact) mass is 374 g/mol. The predicted molar refractivity (Wildman–Crippen MR) is 95.8 cm³/mol. The van der Waals surface area contributed by atoms with E-state index in [1.165, 1.54) is 18.1 Å². The van der Waals surface area contributed by atoms with Gasteiger partial charge in [0.1, 0.15) is 35.6 Å². The Morgan fingerprint density at radius 2 is 2.27 bits per heavy atom. The molecule has 3 aromatic heterocycles. The van der Waals surface area contributed by atoms with E-state index >= 15 is 0 Å². The minimum absolute atomic E-state index is 0.379. The summed E-state index contributed by atoms with van der Waals surface area (Å²) >= 11 is 1.67.